The van der Waals surface area contributed by atoms with Crippen molar-refractivity contribution in [1.29, 1.82) is 0 Å². The summed E-state index contributed by atoms with van der Waals surface area (Å²) in [6.45, 7) is -0.140. The second-order valence-corrected chi connectivity index (χ2v) is 24.2. The number of aromatic hydroxyl groups is 1. The van der Waals surface area contributed by atoms with E-state index in [0.717, 1.165) is 0 Å². The predicted octanol–water partition coefficient (Wildman–Crippen LogP) is -8.62. The van der Waals surface area contributed by atoms with Crippen LogP contribution in [0, 0.1) is 5.92 Å². The summed E-state index contributed by atoms with van der Waals surface area (Å²) in [6, 6.07) is -11.5. The maximum Gasteiger partial charge on any atom is 0.328 e. The average molecular weight is 1450 g/mol. The Labute approximate surface area is 589 Å². The molecule has 0 aliphatic rings. The van der Waals surface area contributed by atoms with Gasteiger partial charge in [0.25, 0.3) is 0 Å². The summed E-state index contributed by atoms with van der Waals surface area (Å²) in [5.74, 6) is -12.8. The van der Waals surface area contributed by atoms with Crippen molar-refractivity contribution in [2.75, 3.05) is 39.5 Å². The lowest BCUT2D eigenvalue weighted by atomic mass is 10.0. The number of hydrogen-bond donors (Lipinski definition) is 24. The van der Waals surface area contributed by atoms with E-state index in [9.17, 15) is 83.1 Å². The van der Waals surface area contributed by atoms with Crippen LogP contribution in [-0.4, -0.2) is 248 Å². The number of hydrogen-bond acceptors (Lipinski definition) is 23. The van der Waals surface area contributed by atoms with Crippen LogP contribution < -0.4 is 81.4 Å². The maximum atomic E-state index is 14.4. The summed E-state index contributed by atoms with van der Waals surface area (Å²) in [5.41, 5.74) is 24.5. The molecule has 4 heterocycles. The molecule has 0 spiro atoms. The quantitative estimate of drug-likeness (QED) is 0.00977. The topological polar surface area (TPSA) is 669 Å². The number of rotatable bonds is 46. The molecule has 0 aliphatic carbocycles. The van der Waals surface area contributed by atoms with Gasteiger partial charge in [-0.2, -0.15) is 0 Å². The molecule has 28 N–H and O–H groups in total. The first-order valence-corrected chi connectivity index (χ1v) is 32.7. The van der Waals surface area contributed by atoms with Crippen molar-refractivity contribution in [3.05, 3.63) is 103 Å². The second kappa shape index (κ2) is 42.6. The fourth-order valence-corrected chi connectivity index (χ4v) is 10.1. The summed E-state index contributed by atoms with van der Waals surface area (Å²) in [7, 11) is 0. The van der Waals surface area contributed by atoms with Gasteiger partial charge < -0.3 is 127 Å². The highest BCUT2D eigenvalue weighted by molar-refractivity contribution is 5.99. The SMILES string of the molecule is CC(C)C[C@H](N)C(=O)N[C@@H](Cc1cnc[nH]1)C(=O)N[C@@H](CCCN=C(N)N)C(=O)N[C@@H](Cc1cnc[nH]1)C(=O)N[C@@H](CO)C(=O)N[C@@H](Cc1cnc[nH]1)C(=O)NCC(=O)N[C@@H](Cc1cnc[nH]1)C(=O)N[C@@H](CO)C(=O)N[C@@H](Cc1ccc(O)cc1)C(=O)N[C@@H](CCCCN)C(=O)N[C@@H](CO)C(=O)O. The van der Waals surface area contributed by atoms with Gasteiger partial charge in [-0.3, -0.25) is 57.7 Å². The molecule has 0 radical (unpaired) electrons. The lowest BCUT2D eigenvalue weighted by Gasteiger charge is -2.27. The smallest absolute Gasteiger partial charge is 0.328 e. The summed E-state index contributed by atoms with van der Waals surface area (Å²) >= 11 is 0. The fraction of sp³-hybridized carbons (Fsp3) is 0.500. The maximum absolute atomic E-state index is 14.4. The van der Waals surface area contributed by atoms with E-state index in [1.54, 1.807) is 0 Å². The Hall–Kier alpha value is -11.4. The lowest BCUT2D eigenvalue weighted by molar-refractivity contribution is -0.143. The summed E-state index contributed by atoms with van der Waals surface area (Å²) < 4.78 is 0. The predicted molar refractivity (Wildman–Crippen MR) is 362 cm³/mol. The number of benzene rings is 1. The highest BCUT2D eigenvalue weighted by Gasteiger charge is 2.37. The number of aliphatic hydroxyl groups excluding tert-OH is 3. The van der Waals surface area contributed by atoms with Gasteiger partial charge in [0.15, 0.2) is 5.96 Å². The number of aromatic amines is 4. The number of aromatic nitrogens is 8. The van der Waals surface area contributed by atoms with Crippen molar-refractivity contribution in [1.82, 2.24) is 98.4 Å². The Morgan fingerprint density at radius 1 is 0.456 bits per heavy atom. The number of carboxylic acids is 1. The Morgan fingerprint density at radius 2 is 0.806 bits per heavy atom. The normalized spacial score (nSPS) is 14.3. The number of aliphatic carboxylic acids is 1. The molecule has 103 heavy (non-hydrogen) atoms. The summed E-state index contributed by atoms with van der Waals surface area (Å²) in [6.07, 6.45) is 10.0. The number of guanidine groups is 1. The zero-order chi connectivity index (χ0) is 75.5. The number of phenolic OH excluding ortho intramolecular Hbond substituents is 1. The van der Waals surface area contributed by atoms with E-state index in [1.807, 2.05) is 13.8 Å². The van der Waals surface area contributed by atoms with E-state index in [0.29, 0.717) is 23.4 Å². The van der Waals surface area contributed by atoms with Crippen LogP contribution in [0.3, 0.4) is 0 Å². The van der Waals surface area contributed by atoms with Crippen molar-refractivity contribution in [2.45, 2.75) is 151 Å². The average Bonchev–Trinajstić information content (AvgIpc) is 1.63. The number of amides is 11. The molecule has 41 heteroatoms. The Balaban J connectivity index is 1.31. The number of carboxylic acid groups (broad SMARTS) is 1. The molecule has 11 atom stereocenters. The van der Waals surface area contributed by atoms with Crippen LogP contribution in [0.15, 0.2) is 79.4 Å². The van der Waals surface area contributed by atoms with E-state index < -0.39 is 164 Å². The standard InChI is InChI=1S/C62H92N24O17/c1-32(2)14-39(64)51(92)80-45(18-36-22-69-30-75-36)57(98)79-41(7-5-13-71-62(65)66)53(94)83-46(19-37-23-70-31-76-37)58(99)85-48(26-88)60(101)82-43(16-34-20-67-28-73-34)52(93)72-24-50(91)77-44(17-35-21-68-29-74-35)56(97)84-47(25-87)59(100)81-42(15-33-8-10-38(90)11-9-33)55(96)78-40(6-3-4-12-63)54(95)86-49(27-89)61(102)103/h8-11,20-23,28-32,39-49,87-90H,3-7,12-19,24-27,63-64H2,1-2H3,(H,67,73)(H,68,74)(H,69,75)(H,70,76)(H,72,93)(H,77,91)(H,78,96)(H,79,98)(H,80,92)(H,81,100)(H,82,101)(H,83,94)(H,84,97)(H,85,99)(H,86,95)(H,102,103)(H4,65,66,71)/t39-,40-,41-,42-,43-,44-,45-,46-,47-,48-,49-/m0/s1. The number of unbranched alkanes of at least 4 members (excludes halogenated alkanes) is 1. The molecule has 0 saturated heterocycles. The molecular weight excluding hydrogens is 1350 g/mol. The van der Waals surface area contributed by atoms with Crippen molar-refractivity contribution in [3.8, 4) is 5.75 Å². The number of nitrogens with zero attached hydrogens (tertiary/aromatic N) is 5. The van der Waals surface area contributed by atoms with Crippen LogP contribution in [0.25, 0.3) is 0 Å². The number of carbonyl (C=O) groups excluding carboxylic acids is 11. The van der Waals surface area contributed by atoms with E-state index >= 15 is 0 Å². The number of aliphatic hydroxyl groups is 3. The largest absolute Gasteiger partial charge is 0.508 e. The minimum atomic E-state index is -1.85. The third kappa shape index (κ3) is 28.6. The van der Waals surface area contributed by atoms with Gasteiger partial charge in [-0.25, -0.2) is 24.7 Å². The van der Waals surface area contributed by atoms with E-state index in [2.05, 4.69) is 103 Å². The third-order valence-corrected chi connectivity index (χ3v) is 15.5. The molecule has 0 bridgehead atoms. The van der Waals surface area contributed by atoms with Gasteiger partial charge in [0.05, 0.1) is 57.7 Å². The number of aliphatic imine (C=N–C) groups is 1. The van der Waals surface area contributed by atoms with Gasteiger partial charge >= 0.3 is 5.97 Å². The molecule has 562 valence electrons. The van der Waals surface area contributed by atoms with Crippen LogP contribution in [0.2, 0.25) is 0 Å². The number of H-pyrrole nitrogens is 4. The third-order valence-electron chi connectivity index (χ3n) is 15.5. The molecule has 41 nitrogen and oxygen atoms in total. The van der Waals surface area contributed by atoms with E-state index in [1.165, 1.54) is 74.4 Å². The molecular formula is C62H92N24O17. The second-order valence-electron chi connectivity index (χ2n) is 24.2. The van der Waals surface area contributed by atoms with Gasteiger partial charge in [0.1, 0.15) is 66.2 Å². The molecule has 5 rings (SSSR count). The lowest BCUT2D eigenvalue weighted by Crippen LogP contribution is -2.61. The van der Waals surface area contributed by atoms with Crippen molar-refractivity contribution < 1.29 is 83.1 Å². The Bertz CT molecular complexity index is 3560. The zero-order valence-corrected chi connectivity index (χ0v) is 56.6. The van der Waals surface area contributed by atoms with Crippen LogP contribution in [-0.2, 0) is 89.6 Å². The number of nitrogens with two attached hydrogens (primary N) is 4. The number of phenols is 1. The molecule has 11 amide bonds. The first-order valence-electron chi connectivity index (χ1n) is 32.7. The first-order chi connectivity index (χ1) is 49.2. The Morgan fingerprint density at radius 3 is 1.18 bits per heavy atom. The fourth-order valence-electron chi connectivity index (χ4n) is 10.1. The van der Waals surface area contributed by atoms with Crippen LogP contribution in [0.5, 0.6) is 5.75 Å². The van der Waals surface area contributed by atoms with Crippen molar-refractivity contribution >= 4 is 76.9 Å². The Kier molecular flexibility index (Phi) is 34.0. The molecule has 0 saturated carbocycles. The number of imidazole rings is 4. The van der Waals surface area contributed by atoms with Crippen LogP contribution in [0.4, 0.5) is 0 Å². The molecule has 4 aromatic heterocycles. The molecule has 1 aromatic carbocycles. The highest BCUT2D eigenvalue weighted by atomic mass is 16.4. The van der Waals surface area contributed by atoms with Crippen LogP contribution in [0.1, 0.15) is 80.7 Å². The van der Waals surface area contributed by atoms with Crippen molar-refractivity contribution in [3.63, 3.8) is 0 Å². The first kappa shape index (κ1) is 82.2. The molecule has 0 aliphatic heterocycles. The number of nitrogens with one attached hydrogen (secondary N) is 15. The van der Waals surface area contributed by atoms with Gasteiger partial charge in [0, 0.05) is 86.2 Å². The van der Waals surface area contributed by atoms with Crippen molar-refractivity contribution in [2.24, 2.45) is 33.8 Å². The van der Waals surface area contributed by atoms with Crippen LogP contribution >= 0.6 is 0 Å². The molecule has 5 aromatic rings. The van der Waals surface area contributed by atoms with Gasteiger partial charge in [-0.05, 0) is 68.7 Å². The number of carbonyl (C=O) groups is 12. The van der Waals surface area contributed by atoms with Gasteiger partial charge in [-0.1, -0.05) is 26.0 Å². The van der Waals surface area contributed by atoms with E-state index in [-0.39, 0.29) is 106 Å². The summed E-state index contributed by atoms with van der Waals surface area (Å²) in [4.78, 5) is 197. The highest BCUT2D eigenvalue weighted by Crippen LogP contribution is 2.14. The monoisotopic (exact) mass is 1440 g/mol. The molecule has 0 unspecified atom stereocenters. The minimum absolute atomic E-state index is 0.00135. The summed E-state index contributed by atoms with van der Waals surface area (Å²) in [5, 5.41) is 77.1. The molecule has 0 fully saturated rings. The van der Waals surface area contributed by atoms with Gasteiger partial charge in [0.2, 0.25) is 65.0 Å². The zero-order valence-electron chi connectivity index (χ0n) is 56.6. The van der Waals surface area contributed by atoms with E-state index in [4.69, 9.17) is 22.9 Å². The minimum Gasteiger partial charge on any atom is -0.508 e. The van der Waals surface area contributed by atoms with Gasteiger partial charge in [-0.15, -0.1) is 0 Å².